The van der Waals surface area contributed by atoms with Gasteiger partial charge in [-0.2, -0.15) is 0 Å². The number of nitrogens with two attached hydrogens (primary N) is 2. The Morgan fingerprint density at radius 3 is 2.15 bits per heavy atom. The first-order valence-corrected chi connectivity index (χ1v) is 2.99. The molecular formula is C7H10Cl2N2O2. The molecule has 0 aliphatic rings. The molecule has 0 atom stereocenters. The van der Waals surface area contributed by atoms with E-state index in [0.29, 0.717) is 5.69 Å². The van der Waals surface area contributed by atoms with E-state index in [2.05, 4.69) is 0 Å². The fourth-order valence-corrected chi connectivity index (χ4v) is 0.759. The van der Waals surface area contributed by atoms with E-state index in [-0.39, 0.29) is 36.1 Å². The van der Waals surface area contributed by atoms with Gasteiger partial charge in [-0.05, 0) is 18.2 Å². The molecule has 4 nitrogen and oxygen atoms in total. The molecule has 6 heteroatoms. The van der Waals surface area contributed by atoms with Crippen molar-refractivity contribution in [1.82, 2.24) is 0 Å². The van der Waals surface area contributed by atoms with Crippen molar-refractivity contribution in [1.29, 1.82) is 0 Å². The van der Waals surface area contributed by atoms with Crippen LogP contribution in [-0.4, -0.2) is 11.1 Å². The Kier molecular flexibility index (Phi) is 6.10. The maximum Gasteiger partial charge on any atom is 0.337 e. The lowest BCUT2D eigenvalue weighted by molar-refractivity contribution is 0.0698. The van der Waals surface area contributed by atoms with Crippen LogP contribution in [0.25, 0.3) is 0 Å². The largest absolute Gasteiger partial charge is 0.478 e. The molecule has 1 aromatic rings. The van der Waals surface area contributed by atoms with Crippen LogP contribution in [0.3, 0.4) is 0 Å². The highest BCUT2D eigenvalue weighted by Gasteiger charge is 2.06. The summed E-state index contributed by atoms with van der Waals surface area (Å²) in [7, 11) is 0. The summed E-state index contributed by atoms with van der Waals surface area (Å²) in [4.78, 5) is 10.4. The molecule has 0 aromatic heterocycles. The Hall–Kier alpha value is -1.13. The third kappa shape index (κ3) is 3.40. The van der Waals surface area contributed by atoms with Crippen LogP contribution in [0.5, 0.6) is 0 Å². The second-order valence-corrected chi connectivity index (χ2v) is 2.15. The van der Waals surface area contributed by atoms with Crippen molar-refractivity contribution in [2.24, 2.45) is 0 Å². The molecule has 0 heterocycles. The van der Waals surface area contributed by atoms with E-state index < -0.39 is 5.97 Å². The van der Waals surface area contributed by atoms with Gasteiger partial charge in [-0.1, -0.05) is 0 Å². The lowest BCUT2D eigenvalue weighted by atomic mass is 10.1. The quantitative estimate of drug-likeness (QED) is 0.630. The maximum absolute atomic E-state index is 10.4. The standard InChI is InChI=1S/C7H8N2O2.2ClH/c8-4-1-2-6(9)5(3-4)7(10)11;;/h1-3H,8-9H2,(H,10,11);2*1H. The Labute approximate surface area is 87.7 Å². The summed E-state index contributed by atoms with van der Waals surface area (Å²) in [5.74, 6) is -1.06. The second-order valence-electron chi connectivity index (χ2n) is 2.15. The van der Waals surface area contributed by atoms with E-state index in [1.807, 2.05) is 0 Å². The molecule has 0 bridgehead atoms. The number of benzene rings is 1. The topological polar surface area (TPSA) is 89.3 Å². The van der Waals surface area contributed by atoms with Crippen LogP contribution in [-0.2, 0) is 0 Å². The molecule has 1 rings (SSSR count). The average molecular weight is 225 g/mol. The molecule has 74 valence electrons. The van der Waals surface area contributed by atoms with Crippen molar-refractivity contribution in [3.63, 3.8) is 0 Å². The molecule has 0 aliphatic heterocycles. The molecule has 0 saturated carbocycles. The van der Waals surface area contributed by atoms with E-state index >= 15 is 0 Å². The van der Waals surface area contributed by atoms with Crippen LogP contribution in [0, 0.1) is 0 Å². The molecule has 1 aromatic carbocycles. The highest BCUT2D eigenvalue weighted by atomic mass is 35.5. The van der Waals surface area contributed by atoms with Crippen LogP contribution in [0.4, 0.5) is 11.4 Å². The molecule has 0 unspecified atom stereocenters. The summed E-state index contributed by atoms with van der Waals surface area (Å²) >= 11 is 0. The summed E-state index contributed by atoms with van der Waals surface area (Å²) in [6.45, 7) is 0. The monoisotopic (exact) mass is 224 g/mol. The summed E-state index contributed by atoms with van der Waals surface area (Å²) in [6.07, 6.45) is 0. The minimum absolute atomic E-state index is 0. The summed E-state index contributed by atoms with van der Waals surface area (Å²) in [5.41, 5.74) is 11.4. The number of hydrogen-bond acceptors (Lipinski definition) is 3. The number of rotatable bonds is 1. The van der Waals surface area contributed by atoms with Gasteiger partial charge in [0.2, 0.25) is 0 Å². The molecule has 0 amide bonds. The third-order valence-electron chi connectivity index (χ3n) is 1.31. The fraction of sp³-hybridized carbons (Fsp3) is 0. The first-order valence-electron chi connectivity index (χ1n) is 2.99. The van der Waals surface area contributed by atoms with Crippen LogP contribution < -0.4 is 11.5 Å². The van der Waals surface area contributed by atoms with Gasteiger partial charge in [0.15, 0.2) is 0 Å². The average Bonchev–Trinajstić information content (AvgIpc) is 1.94. The summed E-state index contributed by atoms with van der Waals surface area (Å²) in [5, 5.41) is 8.55. The summed E-state index contributed by atoms with van der Waals surface area (Å²) in [6, 6.07) is 4.36. The number of carbonyl (C=O) groups is 1. The van der Waals surface area contributed by atoms with Gasteiger partial charge in [0.1, 0.15) is 0 Å². The third-order valence-corrected chi connectivity index (χ3v) is 1.31. The zero-order valence-corrected chi connectivity index (χ0v) is 8.19. The maximum atomic E-state index is 10.4. The number of aromatic carboxylic acids is 1. The van der Waals surface area contributed by atoms with Crippen molar-refractivity contribution in [3.05, 3.63) is 23.8 Å². The van der Waals surface area contributed by atoms with Gasteiger partial charge in [0.25, 0.3) is 0 Å². The van der Waals surface area contributed by atoms with E-state index in [0.717, 1.165) is 0 Å². The van der Waals surface area contributed by atoms with Gasteiger partial charge in [0.05, 0.1) is 5.56 Å². The highest BCUT2D eigenvalue weighted by Crippen LogP contribution is 2.14. The molecule has 0 radical (unpaired) electrons. The SMILES string of the molecule is Cl.Cl.Nc1ccc(N)c(C(=O)O)c1. The number of carboxylic acid groups (broad SMARTS) is 1. The van der Waals surface area contributed by atoms with E-state index in [4.69, 9.17) is 16.6 Å². The van der Waals surface area contributed by atoms with Gasteiger partial charge in [-0.15, -0.1) is 24.8 Å². The van der Waals surface area contributed by atoms with E-state index in [1.165, 1.54) is 12.1 Å². The minimum Gasteiger partial charge on any atom is -0.478 e. The van der Waals surface area contributed by atoms with Crippen LogP contribution in [0.2, 0.25) is 0 Å². The zero-order chi connectivity index (χ0) is 8.43. The lowest BCUT2D eigenvalue weighted by Crippen LogP contribution is -2.02. The summed E-state index contributed by atoms with van der Waals surface area (Å²) < 4.78 is 0. The Morgan fingerprint density at radius 1 is 1.23 bits per heavy atom. The number of hydrogen-bond donors (Lipinski definition) is 3. The Balaban J connectivity index is 0. The predicted octanol–water partition coefficient (Wildman–Crippen LogP) is 1.39. The van der Waals surface area contributed by atoms with Crippen LogP contribution >= 0.6 is 24.8 Å². The van der Waals surface area contributed by atoms with E-state index in [9.17, 15) is 4.79 Å². The fourth-order valence-electron chi connectivity index (χ4n) is 0.759. The van der Waals surface area contributed by atoms with Crippen molar-refractivity contribution >= 4 is 42.2 Å². The smallest absolute Gasteiger partial charge is 0.337 e. The number of carboxylic acids is 1. The predicted molar refractivity (Wildman–Crippen MR) is 56.7 cm³/mol. The van der Waals surface area contributed by atoms with Crippen LogP contribution in [0.1, 0.15) is 10.4 Å². The van der Waals surface area contributed by atoms with Gasteiger partial charge >= 0.3 is 5.97 Å². The molecule has 5 N–H and O–H groups in total. The number of halogens is 2. The van der Waals surface area contributed by atoms with Gasteiger partial charge < -0.3 is 16.6 Å². The zero-order valence-electron chi connectivity index (χ0n) is 6.56. The normalized spacial score (nSPS) is 8.00. The number of anilines is 2. The number of nitrogen functional groups attached to an aromatic ring is 2. The Bertz CT molecular complexity index is 305. The Morgan fingerprint density at radius 2 is 1.77 bits per heavy atom. The molecule has 0 saturated heterocycles. The second kappa shape index (κ2) is 5.50. The van der Waals surface area contributed by atoms with Crippen molar-refractivity contribution in [2.75, 3.05) is 11.5 Å². The molecule has 0 spiro atoms. The molecule has 0 fully saturated rings. The van der Waals surface area contributed by atoms with Gasteiger partial charge in [-0.25, -0.2) is 4.79 Å². The highest BCUT2D eigenvalue weighted by molar-refractivity contribution is 5.94. The van der Waals surface area contributed by atoms with Gasteiger partial charge in [0, 0.05) is 11.4 Å². The van der Waals surface area contributed by atoms with Crippen molar-refractivity contribution in [2.45, 2.75) is 0 Å². The van der Waals surface area contributed by atoms with Gasteiger partial charge in [-0.3, -0.25) is 0 Å². The molecule has 0 aliphatic carbocycles. The first kappa shape index (κ1) is 14.4. The lowest BCUT2D eigenvalue weighted by Gasteiger charge is -2.00. The first-order chi connectivity index (χ1) is 5.11. The molecule has 13 heavy (non-hydrogen) atoms. The van der Waals surface area contributed by atoms with E-state index in [1.54, 1.807) is 6.07 Å². The minimum atomic E-state index is -1.06. The van der Waals surface area contributed by atoms with Crippen molar-refractivity contribution in [3.8, 4) is 0 Å². The van der Waals surface area contributed by atoms with Crippen LogP contribution in [0.15, 0.2) is 18.2 Å². The molecular weight excluding hydrogens is 215 g/mol. The van der Waals surface area contributed by atoms with Crippen molar-refractivity contribution < 1.29 is 9.90 Å².